The normalized spacial score (nSPS) is 21.0. The van der Waals surface area contributed by atoms with Crippen LogP contribution in [-0.2, 0) is 4.74 Å². The van der Waals surface area contributed by atoms with Crippen LogP contribution in [0.4, 0.5) is 8.78 Å². The van der Waals surface area contributed by atoms with E-state index in [1.54, 1.807) is 0 Å². The number of ether oxygens (including phenoxy) is 1. The van der Waals surface area contributed by atoms with E-state index in [1.165, 1.54) is 7.05 Å². The Morgan fingerprint density at radius 2 is 2.11 bits per heavy atom. The summed E-state index contributed by atoms with van der Waals surface area (Å²) in [6.07, 6.45) is -1.91. The third kappa shape index (κ3) is 2.24. The number of hydrogen-bond acceptors (Lipinski definition) is 2. The third-order valence-corrected chi connectivity index (χ3v) is 1.12. The first-order valence-electron chi connectivity index (χ1n) is 2.59. The van der Waals surface area contributed by atoms with Gasteiger partial charge >= 0.3 is 0 Å². The standard InChI is InChI=1S/C5H11F2NO/c1-5(7,8-2)4(6)9-3/h4,8H,1-3H3. The summed E-state index contributed by atoms with van der Waals surface area (Å²) in [4.78, 5) is 0. The van der Waals surface area contributed by atoms with Crippen molar-refractivity contribution in [3.05, 3.63) is 0 Å². The van der Waals surface area contributed by atoms with Crippen molar-refractivity contribution >= 4 is 0 Å². The zero-order valence-electron chi connectivity index (χ0n) is 5.74. The van der Waals surface area contributed by atoms with Gasteiger partial charge in [-0.25, -0.2) is 8.78 Å². The quantitative estimate of drug-likeness (QED) is 0.585. The Hall–Kier alpha value is -0.220. The lowest BCUT2D eigenvalue weighted by atomic mass is 10.3. The van der Waals surface area contributed by atoms with Crippen LogP contribution < -0.4 is 5.32 Å². The van der Waals surface area contributed by atoms with Crippen LogP contribution in [0.5, 0.6) is 0 Å². The minimum absolute atomic E-state index is 1.07. The van der Waals surface area contributed by atoms with Crippen molar-refractivity contribution < 1.29 is 13.5 Å². The predicted molar refractivity (Wildman–Crippen MR) is 30.5 cm³/mol. The van der Waals surface area contributed by atoms with E-state index in [2.05, 4.69) is 10.1 Å². The van der Waals surface area contributed by atoms with E-state index in [-0.39, 0.29) is 0 Å². The molecule has 0 rings (SSSR count). The van der Waals surface area contributed by atoms with Crippen molar-refractivity contribution in [3.63, 3.8) is 0 Å². The largest absolute Gasteiger partial charge is 0.348 e. The van der Waals surface area contributed by atoms with Gasteiger partial charge in [-0.15, -0.1) is 0 Å². The van der Waals surface area contributed by atoms with Gasteiger partial charge in [0, 0.05) is 7.11 Å². The number of nitrogens with one attached hydrogen (secondary N) is 1. The monoisotopic (exact) mass is 139 g/mol. The number of rotatable bonds is 3. The maximum atomic E-state index is 12.6. The van der Waals surface area contributed by atoms with E-state index in [1.807, 2.05) is 0 Å². The Bertz CT molecular complexity index is 87.0. The van der Waals surface area contributed by atoms with Crippen LogP contribution in [0.25, 0.3) is 0 Å². The molecule has 2 unspecified atom stereocenters. The van der Waals surface area contributed by atoms with Crippen LogP contribution >= 0.6 is 0 Å². The zero-order valence-corrected chi connectivity index (χ0v) is 5.74. The highest BCUT2D eigenvalue weighted by atomic mass is 19.2. The summed E-state index contributed by atoms with van der Waals surface area (Å²) in [6.45, 7) is 1.07. The molecule has 0 fully saturated rings. The second kappa shape index (κ2) is 3.08. The van der Waals surface area contributed by atoms with Gasteiger partial charge in [-0.05, 0) is 14.0 Å². The van der Waals surface area contributed by atoms with Crippen molar-refractivity contribution in [2.24, 2.45) is 0 Å². The summed E-state index contributed by atoms with van der Waals surface area (Å²) in [6, 6.07) is 0. The summed E-state index contributed by atoms with van der Waals surface area (Å²) in [5.74, 6) is -2.09. The van der Waals surface area contributed by atoms with E-state index < -0.39 is 12.2 Å². The average molecular weight is 139 g/mol. The van der Waals surface area contributed by atoms with Crippen molar-refractivity contribution in [2.45, 2.75) is 19.1 Å². The Morgan fingerprint density at radius 1 is 1.67 bits per heavy atom. The SMILES string of the molecule is CNC(C)(F)C(F)OC. The van der Waals surface area contributed by atoms with Crippen LogP contribution in [0, 0.1) is 0 Å². The molecule has 0 heterocycles. The lowest BCUT2D eigenvalue weighted by molar-refractivity contribution is -0.120. The predicted octanol–water partition coefficient (Wildman–Crippen LogP) is 0.833. The molecule has 0 aliphatic heterocycles. The molecule has 2 nitrogen and oxygen atoms in total. The van der Waals surface area contributed by atoms with E-state index in [4.69, 9.17) is 0 Å². The molecule has 0 radical (unpaired) electrons. The second-order valence-electron chi connectivity index (χ2n) is 1.88. The molecule has 0 saturated heterocycles. The molecule has 0 aromatic rings. The Labute approximate surface area is 53.2 Å². The van der Waals surface area contributed by atoms with Crippen molar-refractivity contribution in [1.29, 1.82) is 0 Å². The van der Waals surface area contributed by atoms with E-state index in [0.29, 0.717) is 0 Å². The molecule has 4 heteroatoms. The lowest BCUT2D eigenvalue weighted by Gasteiger charge is -2.21. The zero-order chi connectivity index (χ0) is 7.49. The molecule has 56 valence electrons. The van der Waals surface area contributed by atoms with Crippen LogP contribution in [0.3, 0.4) is 0 Å². The third-order valence-electron chi connectivity index (χ3n) is 1.12. The van der Waals surface area contributed by atoms with Gasteiger partial charge in [0.15, 0.2) is 0 Å². The van der Waals surface area contributed by atoms with Gasteiger partial charge in [-0.1, -0.05) is 0 Å². The fourth-order valence-electron chi connectivity index (χ4n) is 0.335. The lowest BCUT2D eigenvalue weighted by Crippen LogP contribution is -2.44. The molecule has 0 aliphatic rings. The Morgan fingerprint density at radius 3 is 2.22 bits per heavy atom. The Balaban J connectivity index is 3.80. The first kappa shape index (κ1) is 8.78. The topological polar surface area (TPSA) is 21.3 Å². The molecule has 2 atom stereocenters. The van der Waals surface area contributed by atoms with Crippen LogP contribution in [-0.4, -0.2) is 26.3 Å². The summed E-state index contributed by atoms with van der Waals surface area (Å²) >= 11 is 0. The highest BCUT2D eigenvalue weighted by Gasteiger charge is 2.32. The minimum Gasteiger partial charge on any atom is -0.348 e. The number of alkyl halides is 2. The number of methoxy groups -OCH3 is 1. The van der Waals surface area contributed by atoms with E-state index >= 15 is 0 Å². The van der Waals surface area contributed by atoms with Crippen molar-refractivity contribution in [1.82, 2.24) is 5.32 Å². The molecule has 0 saturated carbocycles. The fraction of sp³-hybridized carbons (Fsp3) is 1.00. The number of hydrogen-bond donors (Lipinski definition) is 1. The van der Waals surface area contributed by atoms with Crippen LogP contribution in [0.1, 0.15) is 6.92 Å². The minimum atomic E-state index is -2.09. The van der Waals surface area contributed by atoms with Gasteiger partial charge in [-0.3, -0.25) is 5.32 Å². The molecule has 0 aromatic carbocycles. The van der Waals surface area contributed by atoms with Gasteiger partial charge < -0.3 is 4.74 Å². The van der Waals surface area contributed by atoms with Gasteiger partial charge in [-0.2, -0.15) is 0 Å². The molecule has 0 aromatic heterocycles. The Kier molecular flexibility index (Phi) is 3.00. The molecule has 0 amide bonds. The van der Waals surface area contributed by atoms with Gasteiger partial charge in [0.2, 0.25) is 12.2 Å². The summed E-state index contributed by atoms with van der Waals surface area (Å²) in [5, 5.41) is 2.13. The van der Waals surface area contributed by atoms with Crippen molar-refractivity contribution in [2.75, 3.05) is 14.2 Å². The maximum Gasteiger partial charge on any atom is 0.246 e. The molecule has 0 spiro atoms. The molecule has 9 heavy (non-hydrogen) atoms. The van der Waals surface area contributed by atoms with E-state index in [0.717, 1.165) is 14.0 Å². The van der Waals surface area contributed by atoms with Crippen molar-refractivity contribution in [3.8, 4) is 0 Å². The fourth-order valence-corrected chi connectivity index (χ4v) is 0.335. The second-order valence-corrected chi connectivity index (χ2v) is 1.88. The smallest absolute Gasteiger partial charge is 0.246 e. The molecule has 0 aliphatic carbocycles. The first-order chi connectivity index (χ1) is 4.04. The highest BCUT2D eigenvalue weighted by molar-refractivity contribution is 4.70. The number of likely N-dealkylation sites (N-methyl/N-ethyl adjacent to an activating group) is 1. The summed E-state index contributed by atoms with van der Waals surface area (Å²) < 4.78 is 29.0. The van der Waals surface area contributed by atoms with Crippen LogP contribution in [0.2, 0.25) is 0 Å². The molecular formula is C5H11F2NO. The highest BCUT2D eigenvalue weighted by Crippen LogP contribution is 2.14. The first-order valence-corrected chi connectivity index (χ1v) is 2.59. The number of halogens is 2. The maximum absolute atomic E-state index is 12.6. The molecule has 0 bridgehead atoms. The van der Waals surface area contributed by atoms with Gasteiger partial charge in [0.25, 0.3) is 0 Å². The summed E-state index contributed by atoms with van der Waals surface area (Å²) in [5.41, 5.74) is 0. The van der Waals surface area contributed by atoms with Gasteiger partial charge in [0.1, 0.15) is 0 Å². The van der Waals surface area contributed by atoms with Gasteiger partial charge in [0.05, 0.1) is 0 Å². The van der Waals surface area contributed by atoms with E-state index in [9.17, 15) is 8.78 Å². The van der Waals surface area contributed by atoms with Crippen LogP contribution in [0.15, 0.2) is 0 Å². The average Bonchev–Trinajstić information content (AvgIpc) is 1.86. The molecular weight excluding hydrogens is 128 g/mol. The summed E-state index contributed by atoms with van der Waals surface area (Å²) in [7, 11) is 2.44. The molecule has 1 N–H and O–H groups in total.